The number of aliphatic imine (C=N–C) groups is 1. The predicted octanol–water partition coefficient (Wildman–Crippen LogP) is 3.46. The number of aromatic nitrogens is 4. The van der Waals surface area contributed by atoms with E-state index in [2.05, 4.69) is 52.2 Å². The van der Waals surface area contributed by atoms with Crippen LogP contribution < -0.4 is 10.2 Å². The summed E-state index contributed by atoms with van der Waals surface area (Å²) < 4.78 is 2.41. The van der Waals surface area contributed by atoms with Crippen molar-refractivity contribution in [2.24, 2.45) is 4.99 Å². The Morgan fingerprint density at radius 2 is 1.94 bits per heavy atom. The minimum atomic E-state index is 0. The third-order valence-electron chi connectivity index (χ3n) is 6.23. The van der Waals surface area contributed by atoms with Crippen molar-refractivity contribution in [1.29, 1.82) is 0 Å². The fourth-order valence-electron chi connectivity index (χ4n) is 4.61. The molecule has 8 nitrogen and oxygen atoms in total. The van der Waals surface area contributed by atoms with Gasteiger partial charge < -0.3 is 19.7 Å². The van der Waals surface area contributed by atoms with Gasteiger partial charge in [0.25, 0.3) is 0 Å². The second-order valence-electron chi connectivity index (χ2n) is 8.15. The number of piperazine rings is 1. The van der Waals surface area contributed by atoms with Crippen molar-refractivity contribution in [1.82, 2.24) is 30.0 Å². The van der Waals surface area contributed by atoms with Crippen LogP contribution in [0.5, 0.6) is 0 Å². The molecule has 10 heteroatoms. The molecule has 3 heterocycles. The highest BCUT2D eigenvalue weighted by Gasteiger charge is 2.24. The minimum absolute atomic E-state index is 0. The van der Waals surface area contributed by atoms with E-state index in [0.717, 1.165) is 68.3 Å². The van der Waals surface area contributed by atoms with Crippen LogP contribution in [0.4, 0.5) is 5.82 Å². The molecule has 1 saturated heterocycles. The molecule has 0 atom stereocenters. The maximum Gasteiger partial charge on any atom is 0.193 e. The molecule has 0 spiro atoms. The summed E-state index contributed by atoms with van der Waals surface area (Å²) in [5.74, 6) is 3.18. The quantitative estimate of drug-likeness (QED) is 0.180. The van der Waals surface area contributed by atoms with Gasteiger partial charge >= 0.3 is 0 Å². The van der Waals surface area contributed by atoms with Gasteiger partial charge in [-0.15, -0.1) is 34.2 Å². The molecule has 0 radical (unpaired) electrons. The molecule has 32 heavy (non-hydrogen) atoms. The highest BCUT2D eigenvalue weighted by molar-refractivity contribution is 14.0. The van der Waals surface area contributed by atoms with Crippen LogP contribution in [0, 0.1) is 0 Å². The van der Waals surface area contributed by atoms with Gasteiger partial charge in [0.1, 0.15) is 11.6 Å². The van der Waals surface area contributed by atoms with Crippen LogP contribution in [0.15, 0.2) is 34.5 Å². The number of aryl methyl sites for hydroxylation is 1. The Bertz CT molecular complexity index is 845. The first kappa shape index (κ1) is 25.1. The van der Waals surface area contributed by atoms with Gasteiger partial charge in [-0.3, -0.25) is 4.99 Å². The lowest BCUT2D eigenvalue weighted by molar-refractivity contribution is 0.371. The number of halogens is 1. The molecule has 1 aliphatic heterocycles. The van der Waals surface area contributed by atoms with E-state index < -0.39 is 0 Å². The van der Waals surface area contributed by atoms with Crippen LogP contribution in [0.2, 0.25) is 0 Å². The predicted molar refractivity (Wildman–Crippen MR) is 142 cm³/mol. The minimum Gasteiger partial charge on any atom is -0.356 e. The van der Waals surface area contributed by atoms with Gasteiger partial charge in [-0.05, 0) is 37.7 Å². The van der Waals surface area contributed by atoms with Crippen molar-refractivity contribution >= 4 is 47.5 Å². The first-order valence-electron chi connectivity index (χ1n) is 11.4. The number of nitrogens with one attached hydrogen (secondary N) is 1. The van der Waals surface area contributed by atoms with Crippen LogP contribution in [-0.2, 0) is 6.42 Å². The van der Waals surface area contributed by atoms with Crippen molar-refractivity contribution < 1.29 is 0 Å². The van der Waals surface area contributed by atoms with Crippen molar-refractivity contribution in [2.45, 2.75) is 49.7 Å². The molecule has 2 aromatic rings. The fourth-order valence-corrected chi connectivity index (χ4v) is 5.19. The van der Waals surface area contributed by atoms with Crippen molar-refractivity contribution in [3.63, 3.8) is 0 Å². The number of nitrogens with zero attached hydrogens (tertiary/aromatic N) is 7. The Balaban J connectivity index is 0.00000289. The molecule has 1 saturated carbocycles. The summed E-state index contributed by atoms with van der Waals surface area (Å²) in [6, 6.07) is 6.67. The molecule has 2 fully saturated rings. The molecule has 2 aliphatic rings. The summed E-state index contributed by atoms with van der Waals surface area (Å²) in [7, 11) is 1.87. The monoisotopic (exact) mass is 570 g/mol. The lowest BCUT2D eigenvalue weighted by Crippen LogP contribution is -2.52. The number of hydrogen-bond donors (Lipinski definition) is 1. The van der Waals surface area contributed by atoms with Crippen LogP contribution in [0.25, 0.3) is 0 Å². The van der Waals surface area contributed by atoms with E-state index in [4.69, 9.17) is 0 Å². The van der Waals surface area contributed by atoms with E-state index >= 15 is 0 Å². The van der Waals surface area contributed by atoms with Gasteiger partial charge in [-0.25, -0.2) is 4.98 Å². The molecule has 1 N–H and O–H groups in total. The van der Waals surface area contributed by atoms with E-state index in [9.17, 15) is 0 Å². The lowest BCUT2D eigenvalue weighted by Gasteiger charge is -2.37. The molecule has 4 rings (SSSR count). The molecular formula is C22H35IN8S. The van der Waals surface area contributed by atoms with Crippen LogP contribution in [0.3, 0.4) is 0 Å². The molecule has 2 aromatic heterocycles. The second kappa shape index (κ2) is 12.6. The summed E-state index contributed by atoms with van der Waals surface area (Å²) in [5.41, 5.74) is 0. The number of pyridine rings is 1. The molecule has 176 valence electrons. The Morgan fingerprint density at radius 1 is 1.16 bits per heavy atom. The summed E-state index contributed by atoms with van der Waals surface area (Å²) in [6.07, 6.45) is 11.1. The van der Waals surface area contributed by atoms with Gasteiger partial charge in [0.2, 0.25) is 0 Å². The molecule has 0 bridgehead atoms. The number of thioether (sulfide) groups is 1. The van der Waals surface area contributed by atoms with Gasteiger partial charge in [0.05, 0.1) is 0 Å². The van der Waals surface area contributed by atoms with Crippen molar-refractivity contribution in [3.05, 3.63) is 30.2 Å². The van der Waals surface area contributed by atoms with Gasteiger partial charge in [0, 0.05) is 58.4 Å². The molecule has 0 aromatic carbocycles. The highest BCUT2D eigenvalue weighted by atomic mass is 127. The van der Waals surface area contributed by atoms with Gasteiger partial charge in [-0.1, -0.05) is 30.7 Å². The van der Waals surface area contributed by atoms with Crippen molar-refractivity contribution in [3.8, 4) is 0 Å². The van der Waals surface area contributed by atoms with E-state index in [1.165, 1.54) is 25.7 Å². The zero-order valence-electron chi connectivity index (χ0n) is 19.1. The van der Waals surface area contributed by atoms with E-state index in [1.54, 1.807) is 11.8 Å². The Hall–Kier alpha value is -1.56. The fraction of sp³-hybridized carbons (Fsp3) is 0.636. The zero-order valence-corrected chi connectivity index (χ0v) is 22.3. The first-order chi connectivity index (χ1) is 15.3. The van der Waals surface area contributed by atoms with Crippen LogP contribution >= 0.6 is 35.7 Å². The molecule has 0 amide bonds. The summed E-state index contributed by atoms with van der Waals surface area (Å²) in [5, 5.41) is 13.6. The Kier molecular flexibility index (Phi) is 9.89. The van der Waals surface area contributed by atoms with E-state index in [0.29, 0.717) is 6.04 Å². The SMILES string of the molecule is CN=C(NCCCc1nnc(SC)n1C1CCCC1)N1CCN(c2ccccn2)CC1.I. The average molecular weight is 571 g/mol. The van der Waals surface area contributed by atoms with Crippen molar-refractivity contribution in [2.75, 3.05) is 50.9 Å². The average Bonchev–Trinajstić information content (AvgIpc) is 3.49. The maximum absolute atomic E-state index is 4.51. The largest absolute Gasteiger partial charge is 0.356 e. The summed E-state index contributed by atoms with van der Waals surface area (Å²) in [4.78, 5) is 13.7. The molecular weight excluding hydrogens is 535 g/mol. The maximum atomic E-state index is 4.51. The Morgan fingerprint density at radius 3 is 2.59 bits per heavy atom. The smallest absolute Gasteiger partial charge is 0.193 e. The Labute approximate surface area is 212 Å². The third-order valence-corrected chi connectivity index (χ3v) is 6.88. The normalized spacial score (nSPS) is 17.5. The first-order valence-corrected chi connectivity index (χ1v) is 12.6. The lowest BCUT2D eigenvalue weighted by atomic mass is 10.2. The summed E-state index contributed by atoms with van der Waals surface area (Å²) in [6.45, 7) is 4.70. The number of guanidine groups is 1. The number of anilines is 1. The van der Waals surface area contributed by atoms with E-state index in [1.807, 2.05) is 25.4 Å². The third kappa shape index (κ3) is 6.06. The zero-order chi connectivity index (χ0) is 21.5. The van der Waals surface area contributed by atoms with E-state index in [-0.39, 0.29) is 24.0 Å². The topological polar surface area (TPSA) is 74.5 Å². The highest BCUT2D eigenvalue weighted by Crippen LogP contribution is 2.33. The number of hydrogen-bond acceptors (Lipinski definition) is 6. The number of rotatable bonds is 7. The van der Waals surface area contributed by atoms with Gasteiger partial charge in [0.15, 0.2) is 11.1 Å². The summed E-state index contributed by atoms with van der Waals surface area (Å²) >= 11 is 1.71. The molecule has 1 aliphatic carbocycles. The van der Waals surface area contributed by atoms with Crippen LogP contribution in [-0.4, -0.2) is 76.6 Å². The van der Waals surface area contributed by atoms with Gasteiger partial charge in [-0.2, -0.15) is 0 Å². The van der Waals surface area contributed by atoms with Crippen LogP contribution in [0.1, 0.15) is 44.0 Å². The second-order valence-corrected chi connectivity index (χ2v) is 8.92. The standard InChI is InChI=1S/C22H34N8S.HI/c1-23-21(29-16-14-28(15-17-29)19-10-5-6-12-24-19)25-13-7-11-20-26-27-22(31-2)30(20)18-8-3-4-9-18;/h5-6,10,12,18H,3-4,7-9,11,13-17H2,1-2H3,(H,23,25);1H. The molecule has 0 unspecified atom stereocenters.